The molecule has 0 radical (unpaired) electrons. The fraction of sp³-hybridized carbons (Fsp3) is 0.545. The maximum Gasteiger partial charge on any atom is 0.413 e. The van der Waals surface area contributed by atoms with Crippen LogP contribution in [0.1, 0.15) is 63.6 Å². The molecule has 0 saturated carbocycles. The summed E-state index contributed by atoms with van der Waals surface area (Å²) in [4.78, 5) is 29.3. The van der Waals surface area contributed by atoms with E-state index in [0.29, 0.717) is 19.5 Å². The van der Waals surface area contributed by atoms with Crippen LogP contribution in [0.25, 0.3) is 0 Å². The Balaban J connectivity index is 2.14. The van der Waals surface area contributed by atoms with E-state index in [1.54, 1.807) is 34.5 Å². The van der Waals surface area contributed by atoms with Gasteiger partial charge < -0.3 is 14.8 Å². The Kier molecular flexibility index (Phi) is 8.73. The molecular formula is C22H32N2O4S2. The number of thiophene rings is 2. The number of amides is 2. The van der Waals surface area contributed by atoms with Gasteiger partial charge in [0.05, 0.1) is 13.1 Å². The SMILES string of the molecule is CCCC[C@@](C)(OC(=O)NC(C)(C)C)OC(=O)N(Cc1cccs1)Cc1cccs1. The highest BCUT2D eigenvalue weighted by molar-refractivity contribution is 7.10. The molecule has 0 unspecified atom stereocenters. The van der Waals surface area contributed by atoms with Gasteiger partial charge in [-0.25, -0.2) is 9.59 Å². The second-order valence-corrected chi connectivity index (χ2v) is 10.4. The monoisotopic (exact) mass is 452 g/mol. The van der Waals surface area contributed by atoms with Gasteiger partial charge in [-0.3, -0.25) is 4.90 Å². The van der Waals surface area contributed by atoms with Gasteiger partial charge in [0.25, 0.3) is 5.79 Å². The molecule has 2 aromatic rings. The highest BCUT2D eigenvalue weighted by atomic mass is 32.1. The summed E-state index contributed by atoms with van der Waals surface area (Å²) in [5.74, 6) is -1.34. The minimum absolute atomic E-state index is 0.429. The van der Waals surface area contributed by atoms with Crippen molar-refractivity contribution in [1.29, 1.82) is 0 Å². The maximum absolute atomic E-state index is 13.1. The van der Waals surface area contributed by atoms with Crippen molar-refractivity contribution in [3.05, 3.63) is 44.8 Å². The van der Waals surface area contributed by atoms with Crippen LogP contribution in [-0.2, 0) is 22.6 Å². The Labute approximate surface area is 187 Å². The van der Waals surface area contributed by atoms with Gasteiger partial charge in [-0.15, -0.1) is 22.7 Å². The summed E-state index contributed by atoms with van der Waals surface area (Å²) in [5.41, 5.74) is -0.447. The summed E-state index contributed by atoms with van der Waals surface area (Å²) < 4.78 is 11.4. The van der Waals surface area contributed by atoms with Gasteiger partial charge in [0.1, 0.15) is 0 Å². The van der Waals surface area contributed by atoms with Gasteiger partial charge >= 0.3 is 12.2 Å². The molecule has 0 aliphatic heterocycles. The van der Waals surface area contributed by atoms with Crippen molar-refractivity contribution in [3.8, 4) is 0 Å². The minimum atomic E-state index is -1.34. The van der Waals surface area contributed by atoms with Crippen LogP contribution >= 0.6 is 22.7 Å². The standard InChI is InChI=1S/C22H32N2O4S2/c1-6-7-12-22(5,27-19(25)23-21(2,3)4)28-20(26)24(15-17-10-8-13-29-17)16-18-11-9-14-30-18/h8-11,13-14H,6-7,12,15-16H2,1-5H3,(H,23,25)/t22-/m0/s1. The second-order valence-electron chi connectivity index (χ2n) is 8.38. The van der Waals surface area contributed by atoms with Gasteiger partial charge in [0.15, 0.2) is 0 Å². The molecule has 30 heavy (non-hydrogen) atoms. The number of carbonyl (C=O) groups is 2. The molecule has 166 valence electrons. The summed E-state index contributed by atoms with van der Waals surface area (Å²) >= 11 is 3.18. The molecule has 0 saturated heterocycles. The fourth-order valence-corrected chi connectivity index (χ4v) is 4.20. The van der Waals surface area contributed by atoms with Gasteiger partial charge in [0, 0.05) is 28.6 Å². The normalized spacial score (nSPS) is 13.4. The van der Waals surface area contributed by atoms with E-state index >= 15 is 0 Å². The molecule has 0 fully saturated rings. The number of carbonyl (C=O) groups excluding carboxylic acids is 2. The molecule has 1 N–H and O–H groups in total. The molecule has 2 rings (SSSR count). The predicted octanol–water partition coefficient (Wildman–Crippen LogP) is 6.38. The van der Waals surface area contributed by atoms with Gasteiger partial charge in [-0.05, 0) is 50.1 Å². The third-order valence-corrected chi connectivity index (χ3v) is 5.91. The zero-order chi connectivity index (χ0) is 22.2. The summed E-state index contributed by atoms with van der Waals surface area (Å²) in [6.07, 6.45) is 0.989. The average Bonchev–Trinajstić information content (AvgIpc) is 3.31. The van der Waals surface area contributed by atoms with E-state index in [0.717, 1.165) is 22.6 Å². The molecule has 8 heteroatoms. The summed E-state index contributed by atoms with van der Waals surface area (Å²) in [6.45, 7) is 10.2. The smallest absolute Gasteiger partial charge is 0.407 e. The zero-order valence-electron chi connectivity index (χ0n) is 18.4. The number of hydrogen-bond donors (Lipinski definition) is 1. The number of hydrogen-bond acceptors (Lipinski definition) is 6. The molecule has 0 bridgehead atoms. The quantitative estimate of drug-likeness (QED) is 0.448. The first-order valence-corrected chi connectivity index (χ1v) is 11.9. The lowest BCUT2D eigenvalue weighted by atomic mass is 10.1. The number of alkyl carbamates (subject to hydrolysis) is 1. The van der Waals surface area contributed by atoms with Gasteiger partial charge in [-0.2, -0.15) is 0 Å². The summed E-state index contributed by atoms with van der Waals surface area (Å²) in [7, 11) is 0. The van der Waals surface area contributed by atoms with Crippen molar-refractivity contribution < 1.29 is 19.1 Å². The van der Waals surface area contributed by atoms with Crippen LogP contribution in [0, 0.1) is 0 Å². The summed E-state index contributed by atoms with van der Waals surface area (Å²) in [6, 6.07) is 7.89. The fourth-order valence-electron chi connectivity index (χ4n) is 2.76. The van der Waals surface area contributed by atoms with Crippen LogP contribution in [0.4, 0.5) is 9.59 Å². The number of nitrogens with zero attached hydrogens (tertiary/aromatic N) is 1. The highest BCUT2D eigenvalue weighted by Gasteiger charge is 2.35. The number of unbranched alkanes of at least 4 members (excludes halogenated alkanes) is 1. The first-order valence-electron chi connectivity index (χ1n) is 10.1. The Morgan fingerprint density at radius 2 is 1.57 bits per heavy atom. The Morgan fingerprint density at radius 3 is 2.00 bits per heavy atom. The van der Waals surface area contributed by atoms with Crippen LogP contribution in [0.2, 0.25) is 0 Å². The molecule has 2 heterocycles. The van der Waals surface area contributed by atoms with Crippen LogP contribution in [-0.4, -0.2) is 28.4 Å². The van der Waals surface area contributed by atoms with E-state index in [4.69, 9.17) is 9.47 Å². The number of nitrogens with one attached hydrogen (secondary N) is 1. The van der Waals surface area contributed by atoms with Crippen LogP contribution in [0.5, 0.6) is 0 Å². The van der Waals surface area contributed by atoms with E-state index in [1.165, 1.54) is 0 Å². The van der Waals surface area contributed by atoms with Gasteiger partial charge in [0.2, 0.25) is 0 Å². The lowest BCUT2D eigenvalue weighted by Gasteiger charge is -2.33. The largest absolute Gasteiger partial charge is 0.413 e. The van der Waals surface area contributed by atoms with Crippen molar-refractivity contribution in [3.63, 3.8) is 0 Å². The number of ether oxygens (including phenoxy) is 2. The van der Waals surface area contributed by atoms with Crippen LogP contribution < -0.4 is 5.32 Å². The van der Waals surface area contributed by atoms with E-state index in [1.807, 2.05) is 62.7 Å². The van der Waals surface area contributed by atoms with Crippen molar-refractivity contribution in [2.24, 2.45) is 0 Å². The lowest BCUT2D eigenvalue weighted by molar-refractivity contribution is -0.162. The van der Waals surface area contributed by atoms with Gasteiger partial charge in [-0.1, -0.05) is 25.5 Å². The first-order chi connectivity index (χ1) is 14.1. The molecule has 2 amide bonds. The van der Waals surface area contributed by atoms with Crippen molar-refractivity contribution >= 4 is 34.9 Å². The molecule has 0 spiro atoms. The summed E-state index contributed by atoms with van der Waals surface area (Å²) in [5, 5.41) is 6.73. The molecule has 0 aliphatic rings. The molecule has 1 atom stereocenters. The molecule has 0 aromatic carbocycles. The third kappa shape index (κ3) is 8.36. The maximum atomic E-state index is 13.1. The topological polar surface area (TPSA) is 67.9 Å². The van der Waals surface area contributed by atoms with Crippen molar-refractivity contribution in [1.82, 2.24) is 10.2 Å². The van der Waals surface area contributed by atoms with E-state index in [2.05, 4.69) is 5.32 Å². The Morgan fingerprint density at radius 1 is 1.00 bits per heavy atom. The lowest BCUT2D eigenvalue weighted by Crippen LogP contribution is -2.48. The second kappa shape index (κ2) is 10.8. The average molecular weight is 453 g/mol. The number of rotatable bonds is 9. The first kappa shape index (κ1) is 24.2. The molecule has 0 aliphatic carbocycles. The Bertz CT molecular complexity index is 748. The van der Waals surface area contributed by atoms with Crippen LogP contribution in [0.15, 0.2) is 35.0 Å². The molecule has 2 aromatic heterocycles. The molecule has 6 nitrogen and oxygen atoms in total. The minimum Gasteiger partial charge on any atom is -0.407 e. The Hall–Kier alpha value is -2.06. The van der Waals surface area contributed by atoms with Crippen molar-refractivity contribution in [2.45, 2.75) is 78.3 Å². The third-order valence-electron chi connectivity index (χ3n) is 4.19. The zero-order valence-corrected chi connectivity index (χ0v) is 20.0. The molecular weight excluding hydrogens is 420 g/mol. The van der Waals surface area contributed by atoms with Crippen LogP contribution in [0.3, 0.4) is 0 Å². The highest BCUT2D eigenvalue weighted by Crippen LogP contribution is 2.25. The van der Waals surface area contributed by atoms with E-state index < -0.39 is 23.5 Å². The van der Waals surface area contributed by atoms with E-state index in [9.17, 15) is 9.59 Å². The van der Waals surface area contributed by atoms with Crippen molar-refractivity contribution in [2.75, 3.05) is 0 Å². The van der Waals surface area contributed by atoms with E-state index in [-0.39, 0.29) is 0 Å². The predicted molar refractivity (Wildman–Crippen MR) is 122 cm³/mol.